The third kappa shape index (κ3) is 3.66. The molecule has 1 aromatic carbocycles. The first-order chi connectivity index (χ1) is 8.25. The smallest absolute Gasteiger partial charge is 0.167 e. The van der Waals surface area contributed by atoms with Gasteiger partial charge in [-0.1, -0.05) is 0 Å². The van der Waals surface area contributed by atoms with E-state index in [1.54, 1.807) is 0 Å². The van der Waals surface area contributed by atoms with E-state index in [2.05, 4.69) is 5.32 Å². The second kappa shape index (κ2) is 5.96. The van der Waals surface area contributed by atoms with Crippen LogP contribution in [0.2, 0.25) is 0 Å². The fourth-order valence-corrected chi connectivity index (χ4v) is 2.10. The van der Waals surface area contributed by atoms with Gasteiger partial charge in [-0.15, -0.1) is 0 Å². The average Bonchev–Trinajstić information content (AvgIpc) is 2.33. The van der Waals surface area contributed by atoms with Gasteiger partial charge in [-0.3, -0.25) is 0 Å². The predicted molar refractivity (Wildman–Crippen MR) is 62.1 cm³/mol. The highest BCUT2D eigenvalue weighted by atomic mass is 19.1. The molecule has 1 atom stereocenters. The van der Waals surface area contributed by atoms with Crippen LogP contribution in [-0.2, 0) is 0 Å². The zero-order valence-electron chi connectivity index (χ0n) is 9.72. The average molecular weight is 241 g/mol. The van der Waals surface area contributed by atoms with Crippen LogP contribution >= 0.6 is 0 Å². The van der Waals surface area contributed by atoms with Crippen molar-refractivity contribution in [2.45, 2.75) is 19.3 Å². The van der Waals surface area contributed by atoms with Crippen molar-refractivity contribution in [3.05, 3.63) is 29.8 Å². The van der Waals surface area contributed by atoms with Crippen molar-refractivity contribution in [1.29, 1.82) is 0 Å². The summed E-state index contributed by atoms with van der Waals surface area (Å²) in [6, 6.07) is 3.39. The van der Waals surface area contributed by atoms with Crippen LogP contribution in [0.15, 0.2) is 18.2 Å². The summed E-state index contributed by atoms with van der Waals surface area (Å²) in [5.41, 5.74) is 0. The molecule has 0 amide bonds. The monoisotopic (exact) mass is 241 g/mol. The summed E-state index contributed by atoms with van der Waals surface area (Å²) in [5, 5.41) is 3.32. The van der Waals surface area contributed by atoms with E-state index < -0.39 is 11.6 Å². The highest BCUT2D eigenvalue weighted by Gasteiger charge is 2.13. The molecule has 94 valence electrons. The molecule has 1 saturated heterocycles. The predicted octanol–water partition coefficient (Wildman–Crippen LogP) is 2.73. The van der Waals surface area contributed by atoms with Gasteiger partial charge >= 0.3 is 0 Å². The normalized spacial score (nSPS) is 20.2. The topological polar surface area (TPSA) is 21.3 Å². The Morgan fingerprint density at radius 2 is 2.24 bits per heavy atom. The van der Waals surface area contributed by atoms with Crippen molar-refractivity contribution in [3.8, 4) is 5.75 Å². The Kier molecular flexibility index (Phi) is 4.31. The second-order valence-electron chi connectivity index (χ2n) is 4.42. The molecule has 2 rings (SSSR count). The van der Waals surface area contributed by atoms with E-state index in [0.717, 1.165) is 25.6 Å². The molecule has 1 unspecified atom stereocenters. The van der Waals surface area contributed by atoms with Gasteiger partial charge in [0.05, 0.1) is 6.61 Å². The largest absolute Gasteiger partial charge is 0.491 e. The van der Waals surface area contributed by atoms with E-state index in [9.17, 15) is 8.78 Å². The Labute approximate surface area is 100.0 Å². The molecule has 0 spiro atoms. The molecule has 0 aliphatic carbocycles. The van der Waals surface area contributed by atoms with Crippen LogP contribution in [0.25, 0.3) is 0 Å². The lowest BCUT2D eigenvalue weighted by atomic mass is 9.97. The van der Waals surface area contributed by atoms with Gasteiger partial charge in [0, 0.05) is 6.07 Å². The minimum atomic E-state index is -0.633. The van der Waals surface area contributed by atoms with E-state index >= 15 is 0 Å². The van der Waals surface area contributed by atoms with Gasteiger partial charge in [0.2, 0.25) is 0 Å². The molecule has 17 heavy (non-hydrogen) atoms. The molecule has 1 aliphatic rings. The zero-order valence-corrected chi connectivity index (χ0v) is 9.72. The minimum Gasteiger partial charge on any atom is -0.491 e. The number of benzene rings is 1. The summed E-state index contributed by atoms with van der Waals surface area (Å²) in [4.78, 5) is 0. The lowest BCUT2D eigenvalue weighted by Gasteiger charge is -2.22. The first-order valence-electron chi connectivity index (χ1n) is 6.04. The molecule has 4 heteroatoms. The molecule has 0 bridgehead atoms. The number of halogens is 2. The van der Waals surface area contributed by atoms with Crippen molar-refractivity contribution < 1.29 is 13.5 Å². The number of piperidine rings is 1. The molecule has 1 aliphatic heterocycles. The Hall–Kier alpha value is -1.16. The third-order valence-corrected chi connectivity index (χ3v) is 3.08. The number of nitrogens with one attached hydrogen (secondary N) is 1. The molecule has 2 nitrogen and oxygen atoms in total. The number of hydrogen-bond acceptors (Lipinski definition) is 2. The summed E-state index contributed by atoms with van der Waals surface area (Å²) in [5.74, 6) is -0.472. The van der Waals surface area contributed by atoms with Crippen molar-refractivity contribution in [2.24, 2.45) is 5.92 Å². The number of ether oxygens (including phenoxy) is 1. The third-order valence-electron chi connectivity index (χ3n) is 3.08. The van der Waals surface area contributed by atoms with Gasteiger partial charge in [-0.25, -0.2) is 8.78 Å². The summed E-state index contributed by atoms with van der Waals surface area (Å²) in [6.07, 6.45) is 3.29. The van der Waals surface area contributed by atoms with Crippen LogP contribution in [0.1, 0.15) is 19.3 Å². The van der Waals surface area contributed by atoms with Crippen LogP contribution in [0, 0.1) is 17.6 Å². The van der Waals surface area contributed by atoms with E-state index in [-0.39, 0.29) is 5.75 Å². The van der Waals surface area contributed by atoms with Crippen molar-refractivity contribution in [3.63, 3.8) is 0 Å². The fourth-order valence-electron chi connectivity index (χ4n) is 2.10. The Morgan fingerprint density at radius 1 is 1.35 bits per heavy atom. The SMILES string of the molecule is Fc1ccc(OCCC2CCCNC2)c(F)c1. The van der Waals surface area contributed by atoms with Crippen LogP contribution in [0.3, 0.4) is 0 Å². The maximum Gasteiger partial charge on any atom is 0.167 e. The van der Waals surface area contributed by atoms with Crippen molar-refractivity contribution in [1.82, 2.24) is 5.32 Å². The summed E-state index contributed by atoms with van der Waals surface area (Å²) in [7, 11) is 0. The van der Waals surface area contributed by atoms with Gasteiger partial charge in [0.25, 0.3) is 0 Å². The van der Waals surface area contributed by atoms with E-state index in [1.165, 1.54) is 25.0 Å². The molecule has 1 N–H and O–H groups in total. The van der Waals surface area contributed by atoms with Crippen LogP contribution in [0.5, 0.6) is 5.75 Å². The summed E-state index contributed by atoms with van der Waals surface area (Å²) >= 11 is 0. The molecular weight excluding hydrogens is 224 g/mol. The molecule has 1 heterocycles. The van der Waals surface area contributed by atoms with Gasteiger partial charge in [-0.05, 0) is 50.4 Å². The van der Waals surface area contributed by atoms with E-state index in [4.69, 9.17) is 4.74 Å². The fraction of sp³-hybridized carbons (Fsp3) is 0.538. The molecule has 1 fully saturated rings. The maximum atomic E-state index is 13.2. The number of rotatable bonds is 4. The quantitative estimate of drug-likeness (QED) is 0.875. The second-order valence-corrected chi connectivity index (χ2v) is 4.42. The van der Waals surface area contributed by atoms with Crippen LogP contribution < -0.4 is 10.1 Å². The first-order valence-corrected chi connectivity index (χ1v) is 6.04. The number of hydrogen-bond donors (Lipinski definition) is 1. The van der Waals surface area contributed by atoms with Gasteiger partial charge in [0.1, 0.15) is 5.82 Å². The van der Waals surface area contributed by atoms with E-state index in [0.29, 0.717) is 12.5 Å². The summed E-state index contributed by atoms with van der Waals surface area (Å²) < 4.78 is 31.2. The lowest BCUT2D eigenvalue weighted by Crippen LogP contribution is -2.30. The molecule has 1 aromatic rings. The molecule has 0 saturated carbocycles. The zero-order chi connectivity index (χ0) is 12.1. The van der Waals surface area contributed by atoms with Gasteiger partial charge in [0.15, 0.2) is 11.6 Å². The van der Waals surface area contributed by atoms with Crippen molar-refractivity contribution in [2.75, 3.05) is 19.7 Å². The van der Waals surface area contributed by atoms with Crippen LogP contribution in [-0.4, -0.2) is 19.7 Å². The Morgan fingerprint density at radius 3 is 2.94 bits per heavy atom. The minimum absolute atomic E-state index is 0.134. The van der Waals surface area contributed by atoms with Crippen LogP contribution in [0.4, 0.5) is 8.78 Å². The lowest BCUT2D eigenvalue weighted by molar-refractivity contribution is 0.246. The molecule has 0 radical (unpaired) electrons. The van der Waals surface area contributed by atoms with Crippen molar-refractivity contribution >= 4 is 0 Å². The van der Waals surface area contributed by atoms with E-state index in [1.807, 2.05) is 0 Å². The highest BCUT2D eigenvalue weighted by molar-refractivity contribution is 5.24. The highest BCUT2D eigenvalue weighted by Crippen LogP contribution is 2.19. The molecule has 0 aromatic heterocycles. The first kappa shape index (κ1) is 12.3. The summed E-state index contributed by atoms with van der Waals surface area (Å²) in [6.45, 7) is 2.58. The Bertz CT molecular complexity index is 364. The maximum absolute atomic E-state index is 13.2. The van der Waals surface area contributed by atoms with Gasteiger partial charge < -0.3 is 10.1 Å². The van der Waals surface area contributed by atoms with Gasteiger partial charge in [-0.2, -0.15) is 0 Å². The standard InChI is InChI=1S/C13H17F2NO/c14-11-3-4-13(12(15)8-11)17-7-5-10-2-1-6-16-9-10/h3-4,8,10,16H,1-2,5-7,9H2. The Balaban J connectivity index is 1.77. The molecular formula is C13H17F2NO.